The quantitative estimate of drug-likeness (QED) is 0.668. The number of allylic oxidation sites excluding steroid dienone is 1. The largest absolute Gasteiger partial charge is 0.290 e. The molecule has 0 amide bonds. The van der Waals surface area contributed by atoms with E-state index in [2.05, 4.69) is 4.98 Å². The smallest absolute Gasteiger partial charge is 0.194 e. The van der Waals surface area contributed by atoms with E-state index in [0.717, 1.165) is 16.3 Å². The summed E-state index contributed by atoms with van der Waals surface area (Å²) in [5, 5.41) is 8.47. The van der Waals surface area contributed by atoms with Crippen molar-refractivity contribution in [2.24, 2.45) is 0 Å². The van der Waals surface area contributed by atoms with Gasteiger partial charge in [-0.1, -0.05) is 0 Å². The van der Waals surface area contributed by atoms with E-state index < -0.39 is 0 Å². The Morgan fingerprint density at radius 2 is 2.36 bits per heavy atom. The van der Waals surface area contributed by atoms with Gasteiger partial charge in [-0.2, -0.15) is 5.26 Å². The molecule has 0 unspecified atom stereocenters. The Hall–Kier alpha value is -1.60. The molecule has 0 bridgehead atoms. The highest BCUT2D eigenvalue weighted by Gasteiger charge is 2.07. The second kappa shape index (κ2) is 3.28. The van der Waals surface area contributed by atoms with Gasteiger partial charge in [-0.05, 0) is 19.9 Å². The lowest BCUT2D eigenvalue weighted by atomic mass is 10.3. The minimum absolute atomic E-state index is 0.961. The highest BCUT2D eigenvalue weighted by molar-refractivity contribution is 7.17. The zero-order chi connectivity index (χ0) is 10.1. The number of thiazole rings is 1. The third kappa shape index (κ3) is 1.32. The molecule has 3 nitrogen and oxygen atoms in total. The first-order valence-electron chi connectivity index (χ1n) is 4.23. The van der Waals surface area contributed by atoms with E-state index >= 15 is 0 Å². The lowest BCUT2D eigenvalue weighted by molar-refractivity contribution is 1.18. The molecular weight excluding hydrogens is 194 g/mol. The summed E-state index contributed by atoms with van der Waals surface area (Å²) in [6.45, 7) is 4.00. The molecule has 0 atom stereocenters. The van der Waals surface area contributed by atoms with Gasteiger partial charge in [-0.3, -0.25) is 4.40 Å². The maximum Gasteiger partial charge on any atom is 0.194 e. The van der Waals surface area contributed by atoms with Gasteiger partial charge in [0.15, 0.2) is 4.96 Å². The summed E-state index contributed by atoms with van der Waals surface area (Å²) >= 11 is 1.66. The summed E-state index contributed by atoms with van der Waals surface area (Å²) < 4.78 is 2.02. The highest BCUT2D eigenvalue weighted by atomic mass is 32.1. The standard InChI is InChI=1S/C10H9N3S/c1-7-6-13-9(4-3-5-11)8(2)12-10(13)14-7/h3-4,6H,1-2H3. The zero-order valence-electron chi connectivity index (χ0n) is 7.98. The van der Waals surface area contributed by atoms with Crippen molar-refractivity contribution in [2.75, 3.05) is 0 Å². The van der Waals surface area contributed by atoms with Crippen LogP contribution in [0.5, 0.6) is 0 Å². The second-order valence-corrected chi connectivity index (χ2v) is 4.25. The molecule has 14 heavy (non-hydrogen) atoms. The first-order valence-corrected chi connectivity index (χ1v) is 5.05. The molecule has 0 fully saturated rings. The number of aryl methyl sites for hydroxylation is 2. The fraction of sp³-hybridized carbons (Fsp3) is 0.200. The molecule has 4 heteroatoms. The maximum atomic E-state index is 8.47. The predicted molar refractivity (Wildman–Crippen MR) is 57.2 cm³/mol. The fourth-order valence-electron chi connectivity index (χ4n) is 1.40. The Kier molecular flexibility index (Phi) is 2.10. The second-order valence-electron chi connectivity index (χ2n) is 3.04. The van der Waals surface area contributed by atoms with Gasteiger partial charge >= 0.3 is 0 Å². The van der Waals surface area contributed by atoms with Gasteiger partial charge < -0.3 is 0 Å². The average Bonchev–Trinajstić information content (AvgIpc) is 2.58. The number of fused-ring (bicyclic) bond motifs is 1. The summed E-state index contributed by atoms with van der Waals surface area (Å²) in [5.74, 6) is 0. The van der Waals surface area contributed by atoms with Gasteiger partial charge in [0.05, 0.1) is 17.5 Å². The molecule has 0 N–H and O–H groups in total. The molecule has 0 saturated heterocycles. The van der Waals surface area contributed by atoms with Crippen LogP contribution in [0.25, 0.3) is 11.0 Å². The first kappa shape index (κ1) is 8.97. The molecule has 0 aliphatic rings. The molecule has 0 aliphatic heterocycles. The van der Waals surface area contributed by atoms with E-state index in [1.165, 1.54) is 11.0 Å². The maximum absolute atomic E-state index is 8.47. The molecule has 0 spiro atoms. The van der Waals surface area contributed by atoms with Crippen LogP contribution in [0.2, 0.25) is 0 Å². The van der Waals surface area contributed by atoms with Gasteiger partial charge in [-0.15, -0.1) is 11.3 Å². The van der Waals surface area contributed by atoms with Crippen LogP contribution in [0.3, 0.4) is 0 Å². The molecule has 0 aliphatic carbocycles. The Labute approximate surface area is 85.9 Å². The van der Waals surface area contributed by atoms with Gasteiger partial charge in [0, 0.05) is 17.2 Å². The zero-order valence-corrected chi connectivity index (χ0v) is 8.80. The van der Waals surface area contributed by atoms with Gasteiger partial charge in [0.1, 0.15) is 0 Å². The fourth-order valence-corrected chi connectivity index (χ4v) is 2.28. The van der Waals surface area contributed by atoms with E-state index in [4.69, 9.17) is 5.26 Å². The summed E-state index contributed by atoms with van der Waals surface area (Å²) in [6.07, 6.45) is 5.31. The van der Waals surface area contributed by atoms with Gasteiger partial charge in [-0.25, -0.2) is 4.98 Å². The van der Waals surface area contributed by atoms with Crippen LogP contribution in [0, 0.1) is 25.2 Å². The summed E-state index contributed by atoms with van der Waals surface area (Å²) in [4.78, 5) is 6.61. The molecule has 2 aromatic heterocycles. The van der Waals surface area contributed by atoms with Crippen LogP contribution in [0.15, 0.2) is 12.3 Å². The van der Waals surface area contributed by atoms with Crippen molar-refractivity contribution in [3.8, 4) is 6.07 Å². The molecular formula is C10H9N3S. The van der Waals surface area contributed by atoms with Crippen LogP contribution in [0.1, 0.15) is 16.3 Å². The Balaban J connectivity index is 2.66. The van der Waals surface area contributed by atoms with E-state index in [-0.39, 0.29) is 0 Å². The SMILES string of the molecule is Cc1cn2c(C=CC#N)c(C)nc2s1. The molecule has 0 aromatic carbocycles. The molecule has 2 heterocycles. The minimum atomic E-state index is 0.961. The van der Waals surface area contributed by atoms with E-state index in [1.807, 2.05) is 30.5 Å². The predicted octanol–water partition coefficient (Wildman–Crippen LogP) is 2.55. The van der Waals surface area contributed by atoms with Crippen LogP contribution in [-0.4, -0.2) is 9.38 Å². The summed E-state index contributed by atoms with van der Waals surface area (Å²) in [6, 6.07) is 1.99. The topological polar surface area (TPSA) is 41.1 Å². The van der Waals surface area contributed by atoms with Crippen LogP contribution < -0.4 is 0 Å². The highest BCUT2D eigenvalue weighted by Crippen LogP contribution is 2.21. The molecule has 2 aromatic rings. The van der Waals surface area contributed by atoms with Crippen LogP contribution in [0.4, 0.5) is 0 Å². The average molecular weight is 203 g/mol. The van der Waals surface area contributed by atoms with Crippen molar-refractivity contribution in [2.45, 2.75) is 13.8 Å². The molecule has 0 saturated carbocycles. The number of nitriles is 1. The monoisotopic (exact) mass is 203 g/mol. The Morgan fingerprint density at radius 1 is 1.57 bits per heavy atom. The van der Waals surface area contributed by atoms with Crippen LogP contribution in [-0.2, 0) is 0 Å². The van der Waals surface area contributed by atoms with E-state index in [1.54, 1.807) is 17.4 Å². The Morgan fingerprint density at radius 3 is 3.07 bits per heavy atom. The van der Waals surface area contributed by atoms with Crippen molar-refractivity contribution in [1.82, 2.24) is 9.38 Å². The molecule has 2 rings (SSSR count). The van der Waals surface area contributed by atoms with Crippen molar-refractivity contribution >= 4 is 22.4 Å². The van der Waals surface area contributed by atoms with Gasteiger partial charge in [0.2, 0.25) is 0 Å². The van der Waals surface area contributed by atoms with Crippen molar-refractivity contribution in [1.29, 1.82) is 5.26 Å². The van der Waals surface area contributed by atoms with Crippen molar-refractivity contribution < 1.29 is 0 Å². The summed E-state index contributed by atoms with van der Waals surface area (Å²) in [5.41, 5.74) is 1.95. The third-order valence-corrected chi connectivity index (χ3v) is 2.88. The molecule has 0 radical (unpaired) electrons. The van der Waals surface area contributed by atoms with E-state index in [9.17, 15) is 0 Å². The number of hydrogen-bond acceptors (Lipinski definition) is 3. The normalized spacial score (nSPS) is 11.2. The summed E-state index contributed by atoms with van der Waals surface area (Å²) in [7, 11) is 0. The molecule has 70 valence electrons. The van der Waals surface area contributed by atoms with Crippen molar-refractivity contribution in [3.05, 3.63) is 28.5 Å². The number of rotatable bonds is 1. The lowest BCUT2D eigenvalue weighted by Crippen LogP contribution is -1.82. The van der Waals surface area contributed by atoms with Gasteiger partial charge in [0.25, 0.3) is 0 Å². The van der Waals surface area contributed by atoms with Crippen LogP contribution >= 0.6 is 11.3 Å². The number of nitrogens with zero attached hydrogens (tertiary/aromatic N) is 3. The third-order valence-electron chi connectivity index (χ3n) is 1.98. The number of imidazole rings is 1. The Bertz CT molecular complexity index is 539. The lowest BCUT2D eigenvalue weighted by Gasteiger charge is -1.90. The number of aromatic nitrogens is 2. The number of hydrogen-bond donors (Lipinski definition) is 0. The first-order chi connectivity index (χ1) is 6.72. The minimum Gasteiger partial charge on any atom is -0.290 e. The van der Waals surface area contributed by atoms with Crippen molar-refractivity contribution in [3.63, 3.8) is 0 Å². The van der Waals surface area contributed by atoms with E-state index in [0.29, 0.717) is 0 Å².